The minimum Gasteiger partial charge on any atom is -0.544 e. The molecule has 2 nitrogen and oxygen atoms in total. The van der Waals surface area contributed by atoms with Crippen LogP contribution in [-0.2, 0) is 11.2 Å². The molecule has 0 saturated carbocycles. The average Bonchev–Trinajstić information content (AvgIpc) is 2.46. The normalized spacial score (nSPS) is 19.2. The van der Waals surface area contributed by atoms with Crippen molar-refractivity contribution in [1.29, 1.82) is 0 Å². The smallest absolute Gasteiger partial charge is 0.250 e. The predicted molar refractivity (Wildman–Crippen MR) is 96.1 cm³/mol. The van der Waals surface area contributed by atoms with Gasteiger partial charge in [0.2, 0.25) is 8.32 Å². The predicted octanol–water partition coefficient (Wildman–Crippen LogP) is 5.35. The lowest BCUT2D eigenvalue weighted by atomic mass is 10.0. The van der Waals surface area contributed by atoms with Crippen LogP contribution in [0.3, 0.4) is 0 Å². The van der Waals surface area contributed by atoms with E-state index in [-0.39, 0.29) is 5.04 Å². The maximum atomic E-state index is 6.32. The number of aryl methyl sites for hydroxylation is 1. The van der Waals surface area contributed by atoms with E-state index in [0.29, 0.717) is 6.10 Å². The summed E-state index contributed by atoms with van der Waals surface area (Å²) >= 11 is 0. The third kappa shape index (κ3) is 4.72. The first-order valence-corrected chi connectivity index (χ1v) is 11.2. The molecule has 0 unspecified atom stereocenters. The van der Waals surface area contributed by atoms with E-state index in [1.807, 2.05) is 0 Å². The molecule has 0 N–H and O–H groups in total. The Morgan fingerprint density at radius 2 is 1.82 bits per heavy atom. The van der Waals surface area contributed by atoms with Gasteiger partial charge in [-0.1, -0.05) is 45.1 Å². The second-order valence-corrected chi connectivity index (χ2v) is 12.4. The van der Waals surface area contributed by atoms with E-state index in [1.165, 1.54) is 5.56 Å². The van der Waals surface area contributed by atoms with Gasteiger partial charge in [-0.3, -0.25) is 0 Å². The van der Waals surface area contributed by atoms with Crippen molar-refractivity contribution in [2.75, 3.05) is 6.61 Å². The molecule has 0 aromatic heterocycles. The van der Waals surface area contributed by atoms with Crippen molar-refractivity contribution in [3.8, 4) is 5.75 Å². The molecule has 1 atom stereocenters. The highest BCUT2D eigenvalue weighted by Crippen LogP contribution is 2.37. The van der Waals surface area contributed by atoms with E-state index in [1.54, 1.807) is 0 Å². The van der Waals surface area contributed by atoms with Gasteiger partial charge in [-0.05, 0) is 55.1 Å². The topological polar surface area (TPSA) is 18.5 Å². The summed E-state index contributed by atoms with van der Waals surface area (Å²) in [6, 6.07) is 8.64. The Morgan fingerprint density at radius 3 is 2.36 bits per heavy atom. The van der Waals surface area contributed by atoms with Gasteiger partial charge in [0.1, 0.15) is 5.75 Å². The second-order valence-electron chi connectivity index (χ2n) is 7.71. The molecule has 0 radical (unpaired) electrons. The molecule has 0 amide bonds. The van der Waals surface area contributed by atoms with E-state index in [0.717, 1.165) is 31.6 Å². The molecular weight excluding hydrogens is 288 g/mol. The first-order valence-electron chi connectivity index (χ1n) is 8.32. The summed E-state index contributed by atoms with van der Waals surface area (Å²) in [5, 5.41) is 0.234. The number of benzene rings is 1. The van der Waals surface area contributed by atoms with Gasteiger partial charge in [0, 0.05) is 0 Å². The zero-order valence-corrected chi connectivity index (χ0v) is 15.7. The third-order valence-electron chi connectivity index (χ3n) is 4.85. The summed E-state index contributed by atoms with van der Waals surface area (Å²) in [6.45, 7) is 12.2. The number of hydrogen-bond donors (Lipinski definition) is 0. The molecule has 1 aromatic rings. The fourth-order valence-corrected chi connectivity index (χ4v) is 3.31. The van der Waals surface area contributed by atoms with Gasteiger partial charge < -0.3 is 9.16 Å². The molecule has 2 rings (SSSR count). The van der Waals surface area contributed by atoms with Crippen molar-refractivity contribution < 1.29 is 9.16 Å². The second kappa shape index (κ2) is 7.01. The Bertz CT molecular complexity index is 497. The van der Waals surface area contributed by atoms with Crippen LogP contribution in [0.15, 0.2) is 36.4 Å². The van der Waals surface area contributed by atoms with E-state index in [2.05, 4.69) is 70.3 Å². The van der Waals surface area contributed by atoms with Crippen molar-refractivity contribution in [3.05, 3.63) is 42.0 Å². The molecule has 0 aliphatic carbocycles. The Labute approximate surface area is 136 Å². The minimum atomic E-state index is -1.74. The molecule has 0 bridgehead atoms. The number of hydrogen-bond acceptors (Lipinski definition) is 2. The zero-order valence-electron chi connectivity index (χ0n) is 14.7. The van der Waals surface area contributed by atoms with Crippen LogP contribution in [0, 0.1) is 0 Å². The van der Waals surface area contributed by atoms with Gasteiger partial charge in [0.15, 0.2) is 0 Å². The van der Waals surface area contributed by atoms with Crippen molar-refractivity contribution in [2.45, 2.75) is 64.3 Å². The van der Waals surface area contributed by atoms with Crippen LogP contribution >= 0.6 is 0 Å². The molecule has 1 heterocycles. The van der Waals surface area contributed by atoms with Crippen molar-refractivity contribution in [2.24, 2.45) is 0 Å². The van der Waals surface area contributed by atoms with Crippen LogP contribution in [0.2, 0.25) is 18.1 Å². The SMILES string of the molecule is CC(C)(C)[Si](C)(C)Oc1ccc(CC[C@H]2CC=CCO2)cc1. The lowest BCUT2D eigenvalue weighted by Gasteiger charge is -2.36. The fourth-order valence-electron chi connectivity index (χ4n) is 2.28. The van der Waals surface area contributed by atoms with Gasteiger partial charge in [0.05, 0.1) is 12.7 Å². The van der Waals surface area contributed by atoms with Crippen molar-refractivity contribution in [3.63, 3.8) is 0 Å². The Morgan fingerprint density at radius 1 is 1.14 bits per heavy atom. The first kappa shape index (κ1) is 17.3. The molecule has 0 spiro atoms. The van der Waals surface area contributed by atoms with Crippen LogP contribution in [0.25, 0.3) is 0 Å². The van der Waals surface area contributed by atoms with E-state index in [4.69, 9.17) is 9.16 Å². The zero-order chi connectivity index (χ0) is 16.2. The van der Waals surface area contributed by atoms with Gasteiger partial charge in [0.25, 0.3) is 0 Å². The van der Waals surface area contributed by atoms with Crippen molar-refractivity contribution in [1.82, 2.24) is 0 Å². The van der Waals surface area contributed by atoms with Crippen LogP contribution in [-0.4, -0.2) is 21.0 Å². The van der Waals surface area contributed by atoms with E-state index >= 15 is 0 Å². The lowest BCUT2D eigenvalue weighted by Crippen LogP contribution is -2.43. The van der Waals surface area contributed by atoms with Crippen LogP contribution < -0.4 is 4.43 Å². The summed E-state index contributed by atoms with van der Waals surface area (Å²) in [6.07, 6.45) is 7.92. The third-order valence-corrected chi connectivity index (χ3v) is 9.21. The van der Waals surface area contributed by atoms with E-state index < -0.39 is 8.32 Å². The minimum absolute atomic E-state index is 0.234. The fraction of sp³-hybridized carbons (Fsp3) is 0.579. The highest BCUT2D eigenvalue weighted by atomic mass is 28.4. The van der Waals surface area contributed by atoms with Crippen LogP contribution in [0.1, 0.15) is 39.2 Å². The van der Waals surface area contributed by atoms with Crippen LogP contribution in [0.5, 0.6) is 5.75 Å². The highest BCUT2D eigenvalue weighted by Gasteiger charge is 2.38. The van der Waals surface area contributed by atoms with Gasteiger partial charge in [-0.2, -0.15) is 0 Å². The monoisotopic (exact) mass is 318 g/mol. The molecule has 122 valence electrons. The molecule has 1 aliphatic rings. The first-order chi connectivity index (χ1) is 10.3. The molecule has 22 heavy (non-hydrogen) atoms. The van der Waals surface area contributed by atoms with Crippen molar-refractivity contribution >= 4 is 8.32 Å². The van der Waals surface area contributed by atoms with Gasteiger partial charge in [-0.25, -0.2) is 0 Å². The average molecular weight is 319 g/mol. The van der Waals surface area contributed by atoms with Gasteiger partial charge in [-0.15, -0.1) is 0 Å². The summed E-state index contributed by atoms with van der Waals surface area (Å²) in [5.74, 6) is 1.01. The molecule has 1 aliphatic heterocycles. The molecule has 1 aromatic carbocycles. The summed E-state index contributed by atoms with van der Waals surface area (Å²) in [4.78, 5) is 0. The number of ether oxygens (including phenoxy) is 1. The van der Waals surface area contributed by atoms with E-state index in [9.17, 15) is 0 Å². The standard InChI is InChI=1S/C19H30O2Si/c1-19(2,3)22(4,5)21-18-13-10-16(11-14-18)9-12-17-8-6-7-15-20-17/h6-7,10-11,13-14,17H,8-9,12,15H2,1-5H3/t17-/m1/s1. The largest absolute Gasteiger partial charge is 0.544 e. The maximum absolute atomic E-state index is 6.32. The summed E-state index contributed by atoms with van der Waals surface area (Å²) in [7, 11) is -1.74. The quantitative estimate of drug-likeness (QED) is 0.538. The lowest BCUT2D eigenvalue weighted by molar-refractivity contribution is 0.0620. The Kier molecular flexibility index (Phi) is 5.51. The molecule has 3 heteroatoms. The molecular formula is C19H30O2Si. The number of rotatable bonds is 5. The molecule has 0 saturated heterocycles. The van der Waals surface area contributed by atoms with Crippen LogP contribution in [0.4, 0.5) is 0 Å². The Hall–Kier alpha value is -1.06. The Balaban J connectivity index is 1.89. The summed E-state index contributed by atoms with van der Waals surface area (Å²) < 4.78 is 12.0. The molecule has 0 fully saturated rings. The van der Waals surface area contributed by atoms with Gasteiger partial charge >= 0.3 is 0 Å². The summed E-state index contributed by atoms with van der Waals surface area (Å²) in [5.41, 5.74) is 1.36. The maximum Gasteiger partial charge on any atom is 0.250 e. The highest BCUT2D eigenvalue weighted by molar-refractivity contribution is 6.74.